The third kappa shape index (κ3) is 4.17. The standard InChI is InChI=1S/C17H20ClF2N3O2S/c1-17(18)9-7-12(8-10-17)15-11-14(16(19)20)21-23(15)22-26(24,25)13-5-3-2-4-6-13/h2-6,11-12,16,22H,7-10H2,1H3. The second kappa shape index (κ2) is 7.15. The Labute approximate surface area is 156 Å². The Bertz CT molecular complexity index is 859. The van der Waals surface area contributed by atoms with Crippen LogP contribution in [0.15, 0.2) is 41.3 Å². The van der Waals surface area contributed by atoms with Crippen molar-refractivity contribution in [2.45, 2.75) is 54.7 Å². The molecule has 1 aromatic carbocycles. The summed E-state index contributed by atoms with van der Waals surface area (Å²) < 4.78 is 51.3. The molecule has 1 fully saturated rings. The molecule has 0 spiro atoms. The highest BCUT2D eigenvalue weighted by Gasteiger charge is 2.33. The van der Waals surface area contributed by atoms with Crippen molar-refractivity contribution in [3.63, 3.8) is 0 Å². The monoisotopic (exact) mass is 403 g/mol. The number of alkyl halides is 3. The van der Waals surface area contributed by atoms with E-state index >= 15 is 0 Å². The molecule has 1 N–H and O–H groups in total. The van der Waals surface area contributed by atoms with Crippen molar-refractivity contribution >= 4 is 21.6 Å². The van der Waals surface area contributed by atoms with Crippen LogP contribution in [0.25, 0.3) is 0 Å². The van der Waals surface area contributed by atoms with Gasteiger partial charge >= 0.3 is 0 Å². The molecular weight excluding hydrogens is 384 g/mol. The Morgan fingerprint density at radius 2 is 1.88 bits per heavy atom. The van der Waals surface area contributed by atoms with Gasteiger partial charge in [-0.3, -0.25) is 0 Å². The average Bonchev–Trinajstić information content (AvgIpc) is 2.99. The minimum Gasteiger partial charge on any atom is -0.203 e. The molecule has 1 aliphatic rings. The summed E-state index contributed by atoms with van der Waals surface area (Å²) >= 11 is 6.35. The minimum absolute atomic E-state index is 0.0389. The van der Waals surface area contributed by atoms with Crippen LogP contribution in [0.1, 0.15) is 56.3 Å². The van der Waals surface area contributed by atoms with Gasteiger partial charge in [-0.15, -0.1) is 11.6 Å². The first-order chi connectivity index (χ1) is 12.2. The van der Waals surface area contributed by atoms with E-state index in [0.717, 1.165) is 17.6 Å². The van der Waals surface area contributed by atoms with Crippen molar-refractivity contribution in [1.82, 2.24) is 9.89 Å². The summed E-state index contributed by atoms with van der Waals surface area (Å²) in [5, 5.41) is 3.78. The predicted octanol–water partition coefficient (Wildman–Crippen LogP) is 4.41. The highest BCUT2D eigenvalue weighted by atomic mass is 35.5. The van der Waals surface area contributed by atoms with E-state index in [1.165, 1.54) is 18.2 Å². The topological polar surface area (TPSA) is 64.0 Å². The molecule has 0 aliphatic heterocycles. The first-order valence-corrected chi connectivity index (χ1v) is 10.2. The van der Waals surface area contributed by atoms with Crippen LogP contribution in [0, 0.1) is 0 Å². The molecule has 1 heterocycles. The van der Waals surface area contributed by atoms with Gasteiger partial charge in [0, 0.05) is 10.8 Å². The van der Waals surface area contributed by atoms with E-state index in [1.807, 2.05) is 6.92 Å². The molecule has 0 radical (unpaired) electrons. The first-order valence-electron chi connectivity index (χ1n) is 8.33. The molecule has 3 rings (SSSR count). The van der Waals surface area contributed by atoms with Crippen LogP contribution in [0.2, 0.25) is 0 Å². The van der Waals surface area contributed by atoms with E-state index < -0.39 is 22.1 Å². The number of nitrogens with zero attached hydrogens (tertiary/aromatic N) is 2. The fourth-order valence-corrected chi connectivity index (χ4v) is 4.38. The molecule has 0 atom stereocenters. The molecule has 1 saturated carbocycles. The molecule has 0 saturated heterocycles. The Balaban J connectivity index is 1.91. The van der Waals surface area contributed by atoms with Crippen LogP contribution >= 0.6 is 11.6 Å². The number of hydrogen-bond acceptors (Lipinski definition) is 3. The lowest BCUT2D eigenvalue weighted by Crippen LogP contribution is -2.29. The van der Waals surface area contributed by atoms with Crippen molar-refractivity contribution in [3.8, 4) is 0 Å². The Morgan fingerprint density at radius 1 is 1.27 bits per heavy atom. The molecule has 1 aromatic heterocycles. The highest BCUT2D eigenvalue weighted by Crippen LogP contribution is 2.41. The minimum atomic E-state index is -3.93. The third-order valence-electron chi connectivity index (χ3n) is 4.69. The van der Waals surface area contributed by atoms with Gasteiger partial charge < -0.3 is 0 Å². The van der Waals surface area contributed by atoms with Gasteiger partial charge in [0.15, 0.2) is 0 Å². The number of rotatable bonds is 5. The highest BCUT2D eigenvalue weighted by molar-refractivity contribution is 7.92. The van der Waals surface area contributed by atoms with Crippen LogP contribution in [-0.2, 0) is 10.0 Å². The smallest absolute Gasteiger partial charge is 0.203 e. The lowest BCUT2D eigenvalue weighted by molar-refractivity contribution is 0.145. The summed E-state index contributed by atoms with van der Waals surface area (Å²) in [4.78, 5) is 3.02. The van der Waals surface area contributed by atoms with E-state index in [2.05, 4.69) is 9.93 Å². The van der Waals surface area contributed by atoms with Gasteiger partial charge in [-0.2, -0.15) is 23.1 Å². The molecule has 2 aromatic rings. The van der Waals surface area contributed by atoms with Gasteiger partial charge in [0.2, 0.25) is 0 Å². The summed E-state index contributed by atoms with van der Waals surface area (Å²) in [6, 6.07) is 9.01. The van der Waals surface area contributed by atoms with E-state index in [4.69, 9.17) is 11.6 Å². The van der Waals surface area contributed by atoms with Crippen molar-refractivity contribution in [3.05, 3.63) is 47.8 Å². The number of hydrogen-bond donors (Lipinski definition) is 1. The Hall–Kier alpha value is -1.67. The zero-order chi connectivity index (χ0) is 18.9. The van der Waals surface area contributed by atoms with E-state index in [9.17, 15) is 17.2 Å². The van der Waals surface area contributed by atoms with Crippen molar-refractivity contribution in [2.24, 2.45) is 0 Å². The Kier molecular flexibility index (Phi) is 5.25. The fourth-order valence-electron chi connectivity index (χ4n) is 3.17. The molecule has 142 valence electrons. The molecule has 26 heavy (non-hydrogen) atoms. The van der Waals surface area contributed by atoms with Gasteiger partial charge in [0.05, 0.1) is 10.6 Å². The summed E-state index contributed by atoms with van der Waals surface area (Å²) in [5.41, 5.74) is -0.0121. The quantitative estimate of drug-likeness (QED) is 0.752. The van der Waals surface area contributed by atoms with Gasteiger partial charge in [0.1, 0.15) is 5.69 Å². The molecule has 1 aliphatic carbocycles. The van der Waals surface area contributed by atoms with E-state index in [0.29, 0.717) is 18.5 Å². The third-order valence-corrected chi connectivity index (χ3v) is 6.37. The molecule has 0 unspecified atom stereocenters. The molecule has 5 nitrogen and oxygen atoms in total. The summed E-state index contributed by atoms with van der Waals surface area (Å²) in [5.74, 6) is -0.0831. The summed E-state index contributed by atoms with van der Waals surface area (Å²) in [7, 11) is -3.93. The molecular formula is C17H20ClF2N3O2S. The van der Waals surface area contributed by atoms with E-state index in [-0.39, 0.29) is 15.7 Å². The number of sulfonamides is 1. The second-order valence-corrected chi connectivity index (χ2v) is 9.38. The maximum atomic E-state index is 13.1. The van der Waals surface area contributed by atoms with Gasteiger partial charge in [0.25, 0.3) is 16.4 Å². The van der Waals surface area contributed by atoms with Crippen molar-refractivity contribution in [2.75, 3.05) is 4.83 Å². The zero-order valence-electron chi connectivity index (χ0n) is 14.2. The van der Waals surface area contributed by atoms with Crippen LogP contribution in [0.4, 0.5) is 8.78 Å². The lowest BCUT2D eigenvalue weighted by atomic mass is 9.81. The number of halogens is 3. The van der Waals surface area contributed by atoms with Crippen LogP contribution in [0.3, 0.4) is 0 Å². The second-order valence-electron chi connectivity index (χ2n) is 6.80. The largest absolute Gasteiger partial charge is 0.282 e. The maximum Gasteiger partial charge on any atom is 0.282 e. The number of nitrogens with one attached hydrogen (secondary N) is 1. The van der Waals surface area contributed by atoms with Gasteiger partial charge in [-0.25, -0.2) is 8.78 Å². The van der Waals surface area contributed by atoms with Gasteiger partial charge in [-0.05, 0) is 50.8 Å². The van der Waals surface area contributed by atoms with Crippen LogP contribution < -0.4 is 4.83 Å². The number of benzene rings is 1. The fraction of sp³-hybridized carbons (Fsp3) is 0.471. The first kappa shape index (κ1) is 19.1. The van der Waals surface area contributed by atoms with E-state index in [1.54, 1.807) is 18.2 Å². The molecule has 0 amide bonds. The van der Waals surface area contributed by atoms with Crippen molar-refractivity contribution in [1.29, 1.82) is 0 Å². The average molecular weight is 404 g/mol. The summed E-state index contributed by atoms with van der Waals surface area (Å²) in [6.45, 7) is 1.95. The normalized spacial score (nSPS) is 24.0. The SMILES string of the molecule is CC1(Cl)CCC(c2cc(C(F)F)nn2NS(=O)(=O)c2ccccc2)CC1. The van der Waals surface area contributed by atoms with Crippen LogP contribution in [-0.4, -0.2) is 23.2 Å². The van der Waals surface area contributed by atoms with Crippen molar-refractivity contribution < 1.29 is 17.2 Å². The summed E-state index contributed by atoms with van der Waals surface area (Å²) in [6.07, 6.45) is 0.0286. The maximum absolute atomic E-state index is 13.1. The predicted molar refractivity (Wildman–Crippen MR) is 95.6 cm³/mol. The lowest BCUT2D eigenvalue weighted by Gasteiger charge is -2.32. The molecule has 0 bridgehead atoms. The van der Waals surface area contributed by atoms with Crippen LogP contribution in [0.5, 0.6) is 0 Å². The molecule has 9 heteroatoms. The number of aromatic nitrogens is 2. The Morgan fingerprint density at radius 3 is 2.46 bits per heavy atom. The zero-order valence-corrected chi connectivity index (χ0v) is 15.8. The van der Waals surface area contributed by atoms with Gasteiger partial charge in [-0.1, -0.05) is 18.2 Å².